The van der Waals surface area contributed by atoms with Crippen LogP contribution >= 0.6 is 0 Å². The van der Waals surface area contributed by atoms with Gasteiger partial charge in [0.05, 0.1) is 19.2 Å². The third kappa shape index (κ3) is 3.39. The average Bonchev–Trinajstić information content (AvgIpc) is 3.26. The first kappa shape index (κ1) is 21.2. The molecule has 4 atom stereocenters. The van der Waals surface area contributed by atoms with E-state index in [1.165, 1.54) is 6.33 Å². The number of hydrogen-bond donors (Lipinski definition) is 2. The molecule has 4 rings (SSSR count). The van der Waals surface area contributed by atoms with E-state index in [-0.39, 0.29) is 30.3 Å². The molecule has 0 radical (unpaired) electrons. The molecular weight excluding hydrogens is 418 g/mol. The van der Waals surface area contributed by atoms with Gasteiger partial charge >= 0.3 is 0 Å². The Hall–Kier alpha value is -2.06. The zero-order chi connectivity index (χ0) is 21.7. The molecular formula is C17H25N5O7S. The number of nitrogens with two attached hydrogens (primary N) is 1. The van der Waals surface area contributed by atoms with E-state index in [1.807, 2.05) is 13.8 Å². The Balaban J connectivity index is 1.75. The number of hydrogen-bond acceptors (Lipinski definition) is 10. The number of aromatic nitrogens is 4. The number of nitrogen functional groups attached to an aromatic ring is 1. The van der Waals surface area contributed by atoms with E-state index in [0.717, 1.165) is 19.1 Å². The Kier molecular flexibility index (Phi) is 5.13. The third-order valence-corrected chi connectivity index (χ3v) is 6.01. The zero-order valence-electron chi connectivity index (χ0n) is 17.0. The van der Waals surface area contributed by atoms with Crippen LogP contribution in [0, 0.1) is 0 Å². The van der Waals surface area contributed by atoms with Crippen LogP contribution in [0.4, 0.5) is 5.95 Å². The minimum Gasteiger partial charge on any atom is -0.372 e. The summed E-state index contributed by atoms with van der Waals surface area (Å²) in [5.74, 6) is -0.0608. The number of nitrogens with one attached hydrogen (secondary N) is 1. The minimum atomic E-state index is -3.71. The van der Waals surface area contributed by atoms with Crippen LogP contribution in [-0.4, -0.2) is 71.3 Å². The van der Waals surface area contributed by atoms with Crippen molar-refractivity contribution in [2.45, 2.75) is 50.2 Å². The van der Waals surface area contributed by atoms with E-state index in [2.05, 4.69) is 15.0 Å². The first-order chi connectivity index (χ1) is 14.1. The van der Waals surface area contributed by atoms with Crippen molar-refractivity contribution in [3.8, 4) is 0 Å². The van der Waals surface area contributed by atoms with Crippen LogP contribution in [0.3, 0.4) is 0 Å². The van der Waals surface area contributed by atoms with Gasteiger partial charge < -0.3 is 19.9 Å². The van der Waals surface area contributed by atoms with Crippen molar-refractivity contribution in [1.29, 1.82) is 0 Å². The van der Waals surface area contributed by atoms with Gasteiger partial charge in [0.15, 0.2) is 17.4 Å². The van der Waals surface area contributed by atoms with Crippen LogP contribution in [0.15, 0.2) is 11.1 Å². The smallest absolute Gasteiger partial charge is 0.280 e. The number of unbranched alkanes of at least 4 members (excludes halogenated alkanes) is 1. The van der Waals surface area contributed by atoms with Crippen LogP contribution in [0.5, 0.6) is 0 Å². The van der Waals surface area contributed by atoms with Gasteiger partial charge in [0.2, 0.25) is 5.95 Å². The molecule has 0 aromatic carbocycles. The lowest BCUT2D eigenvalue weighted by Gasteiger charge is -2.34. The van der Waals surface area contributed by atoms with Gasteiger partial charge in [-0.1, -0.05) is 13.3 Å². The fourth-order valence-electron chi connectivity index (χ4n) is 4.06. The van der Waals surface area contributed by atoms with Crippen molar-refractivity contribution in [2.75, 3.05) is 31.8 Å². The molecule has 2 bridgehead atoms. The van der Waals surface area contributed by atoms with Gasteiger partial charge in [0.25, 0.3) is 15.7 Å². The number of rotatable bonds is 8. The summed E-state index contributed by atoms with van der Waals surface area (Å²) in [6.07, 6.45) is 2.74. The fraction of sp³-hybridized carbons (Fsp3) is 0.706. The van der Waals surface area contributed by atoms with E-state index < -0.39 is 39.2 Å². The normalized spacial score (nSPS) is 31.0. The maximum absolute atomic E-state index is 12.1. The monoisotopic (exact) mass is 443 g/mol. The first-order valence-electron chi connectivity index (χ1n) is 9.60. The number of ether oxygens (including phenoxy) is 3. The van der Waals surface area contributed by atoms with Crippen LogP contribution in [0.25, 0.3) is 11.2 Å². The Morgan fingerprint density at radius 2 is 2.23 bits per heavy atom. The third-order valence-electron chi connectivity index (χ3n) is 5.47. The first-order valence-corrected chi connectivity index (χ1v) is 11.4. The summed E-state index contributed by atoms with van der Waals surface area (Å²) >= 11 is 0. The van der Waals surface area contributed by atoms with Crippen molar-refractivity contribution in [2.24, 2.45) is 0 Å². The molecule has 0 saturated carbocycles. The summed E-state index contributed by atoms with van der Waals surface area (Å²) < 4.78 is 48.4. The number of anilines is 1. The summed E-state index contributed by atoms with van der Waals surface area (Å²) in [5.41, 5.74) is 3.40. The Morgan fingerprint density at radius 1 is 1.47 bits per heavy atom. The molecule has 4 heterocycles. The second-order valence-electron chi connectivity index (χ2n) is 7.85. The van der Waals surface area contributed by atoms with E-state index in [9.17, 15) is 13.2 Å². The number of aromatic amines is 1. The van der Waals surface area contributed by atoms with E-state index >= 15 is 0 Å². The molecule has 2 fully saturated rings. The molecule has 2 saturated heterocycles. The van der Waals surface area contributed by atoms with Crippen LogP contribution in [0.2, 0.25) is 0 Å². The summed E-state index contributed by atoms with van der Waals surface area (Å²) in [6.45, 7) is 4.13. The molecule has 0 spiro atoms. The van der Waals surface area contributed by atoms with Gasteiger partial charge in [-0.25, -0.2) is 4.98 Å². The Morgan fingerprint density at radius 3 is 2.93 bits per heavy atom. The molecule has 2 aromatic heterocycles. The molecule has 13 heteroatoms. The number of fused-ring (bicyclic) bond motifs is 3. The predicted octanol–water partition coefficient (Wildman–Crippen LogP) is -0.0802. The maximum atomic E-state index is 12.1. The second kappa shape index (κ2) is 7.27. The zero-order valence-corrected chi connectivity index (χ0v) is 17.8. The fourth-order valence-corrected chi connectivity index (χ4v) is 4.47. The molecule has 3 N–H and O–H groups in total. The molecule has 2 aromatic rings. The largest absolute Gasteiger partial charge is 0.372 e. The molecule has 12 nitrogen and oxygen atoms in total. The van der Waals surface area contributed by atoms with Gasteiger partial charge in [0, 0.05) is 6.61 Å². The lowest BCUT2D eigenvalue weighted by Crippen LogP contribution is -2.48. The van der Waals surface area contributed by atoms with Gasteiger partial charge in [-0.3, -0.25) is 18.5 Å². The summed E-state index contributed by atoms with van der Waals surface area (Å²) in [6, 6.07) is 0. The SMILES string of the molecule is CCCCO[C@@H]1[C@]2(COS(C)(=O)=O)CO[C@@]1(C)[C@H](n1cnc3c(=O)[nH]c(N)nc31)O2. The van der Waals surface area contributed by atoms with Crippen LogP contribution < -0.4 is 11.3 Å². The predicted molar refractivity (Wildman–Crippen MR) is 105 cm³/mol. The van der Waals surface area contributed by atoms with E-state index in [4.69, 9.17) is 24.1 Å². The van der Waals surface area contributed by atoms with Crippen molar-refractivity contribution < 1.29 is 26.8 Å². The summed E-state index contributed by atoms with van der Waals surface area (Å²) in [7, 11) is -3.71. The quantitative estimate of drug-likeness (QED) is 0.417. The minimum absolute atomic E-state index is 0.0608. The van der Waals surface area contributed by atoms with Crippen molar-refractivity contribution in [3.05, 3.63) is 16.7 Å². The van der Waals surface area contributed by atoms with Crippen molar-refractivity contribution in [3.63, 3.8) is 0 Å². The van der Waals surface area contributed by atoms with Crippen LogP contribution in [0.1, 0.15) is 32.9 Å². The molecule has 2 aliphatic rings. The molecule has 2 aliphatic heterocycles. The highest BCUT2D eigenvalue weighted by molar-refractivity contribution is 7.85. The lowest BCUT2D eigenvalue weighted by atomic mass is 9.91. The topological polar surface area (TPSA) is 161 Å². The van der Waals surface area contributed by atoms with Gasteiger partial charge in [-0.15, -0.1) is 0 Å². The van der Waals surface area contributed by atoms with Gasteiger partial charge in [-0.2, -0.15) is 13.4 Å². The molecule has 0 amide bonds. The number of H-pyrrole nitrogens is 1. The number of imidazole rings is 1. The van der Waals surface area contributed by atoms with E-state index in [0.29, 0.717) is 6.61 Å². The van der Waals surface area contributed by atoms with Crippen molar-refractivity contribution >= 4 is 27.2 Å². The summed E-state index contributed by atoms with van der Waals surface area (Å²) in [5, 5.41) is 0. The maximum Gasteiger partial charge on any atom is 0.280 e. The lowest BCUT2D eigenvalue weighted by molar-refractivity contribution is -0.208. The van der Waals surface area contributed by atoms with Crippen molar-refractivity contribution in [1.82, 2.24) is 19.5 Å². The highest BCUT2D eigenvalue weighted by atomic mass is 32.2. The van der Waals surface area contributed by atoms with Gasteiger partial charge in [0.1, 0.15) is 23.9 Å². The highest BCUT2D eigenvalue weighted by Gasteiger charge is 2.70. The molecule has 30 heavy (non-hydrogen) atoms. The second-order valence-corrected chi connectivity index (χ2v) is 9.50. The van der Waals surface area contributed by atoms with Crippen LogP contribution in [-0.2, 0) is 28.5 Å². The van der Waals surface area contributed by atoms with Gasteiger partial charge in [-0.05, 0) is 13.3 Å². The summed E-state index contributed by atoms with van der Waals surface area (Å²) in [4.78, 5) is 22.9. The molecule has 166 valence electrons. The number of nitrogens with zero attached hydrogens (tertiary/aromatic N) is 3. The standard InChI is InChI=1S/C17H25N5O7S/c1-4-5-6-26-13-16(2)14(29-17(13,7-27-16)8-28-30(3,24)25)22-9-19-10-11(22)20-15(18)21-12(10)23/h9,13-14H,4-8H2,1-3H3,(H3,18,20,21,23)/t13-,14+,16+,17+/m0/s1. The average molecular weight is 443 g/mol. The van der Waals surface area contributed by atoms with E-state index in [1.54, 1.807) is 4.57 Å². The Labute approximate surface area is 172 Å². The highest BCUT2D eigenvalue weighted by Crippen LogP contribution is 2.54. The molecule has 0 unspecified atom stereocenters. The Bertz CT molecular complexity index is 1120. The molecule has 0 aliphatic carbocycles.